The Bertz CT molecular complexity index is 413. The third-order valence-electron chi connectivity index (χ3n) is 3.69. The van der Waals surface area contributed by atoms with E-state index in [0.717, 1.165) is 29.3 Å². The maximum atomic E-state index is 14.4. The van der Waals surface area contributed by atoms with Gasteiger partial charge in [0, 0.05) is 29.1 Å². The van der Waals surface area contributed by atoms with Crippen LogP contribution in [0.5, 0.6) is 0 Å². The third-order valence-corrected chi connectivity index (χ3v) is 4.14. The van der Waals surface area contributed by atoms with Gasteiger partial charge in [-0.1, -0.05) is 22.4 Å². The highest BCUT2D eigenvalue weighted by Gasteiger charge is 2.40. The molecule has 0 unspecified atom stereocenters. The molecule has 94 valence electrons. The zero-order valence-corrected chi connectivity index (χ0v) is 11.5. The second kappa shape index (κ2) is 5.04. The number of benzene rings is 1. The monoisotopic (exact) mass is 301 g/mol. The Hall–Kier alpha value is -0.450. The van der Waals surface area contributed by atoms with E-state index in [0.29, 0.717) is 18.7 Å². The molecule has 4 heteroatoms. The van der Waals surface area contributed by atoms with Gasteiger partial charge in [-0.05, 0) is 30.5 Å². The second-order valence-corrected chi connectivity index (χ2v) is 5.61. The lowest BCUT2D eigenvalue weighted by atomic mass is 9.64. The first-order valence-electron chi connectivity index (χ1n) is 5.80. The van der Waals surface area contributed by atoms with Crippen molar-refractivity contribution in [2.45, 2.75) is 31.3 Å². The maximum absolute atomic E-state index is 14.4. The van der Waals surface area contributed by atoms with E-state index in [1.165, 1.54) is 0 Å². The molecule has 0 bridgehead atoms. The van der Waals surface area contributed by atoms with Crippen molar-refractivity contribution in [1.29, 1.82) is 0 Å². The first-order chi connectivity index (χ1) is 8.13. The average Bonchev–Trinajstić information content (AvgIpc) is 2.24. The molecule has 0 atom stereocenters. The molecule has 2 N–H and O–H groups in total. The van der Waals surface area contributed by atoms with Crippen molar-refractivity contribution in [2.75, 3.05) is 13.7 Å². The lowest BCUT2D eigenvalue weighted by Crippen LogP contribution is -2.42. The quantitative estimate of drug-likeness (QED) is 0.927. The Morgan fingerprint density at radius 3 is 2.65 bits per heavy atom. The van der Waals surface area contributed by atoms with Crippen molar-refractivity contribution < 1.29 is 9.13 Å². The summed E-state index contributed by atoms with van der Waals surface area (Å²) in [5, 5.41) is 0. The van der Waals surface area contributed by atoms with Gasteiger partial charge in [-0.25, -0.2) is 4.39 Å². The summed E-state index contributed by atoms with van der Waals surface area (Å²) in [5.74, 6) is -0.153. The summed E-state index contributed by atoms with van der Waals surface area (Å²) in [6, 6.07) is 3.63. The lowest BCUT2D eigenvalue weighted by Gasteiger charge is -2.42. The molecule has 1 aliphatic carbocycles. The fourth-order valence-corrected chi connectivity index (χ4v) is 2.98. The molecule has 0 radical (unpaired) electrons. The van der Waals surface area contributed by atoms with E-state index < -0.39 is 0 Å². The predicted octanol–water partition coefficient (Wildman–Crippen LogP) is 3.12. The van der Waals surface area contributed by atoms with Gasteiger partial charge in [-0.3, -0.25) is 0 Å². The van der Waals surface area contributed by atoms with Gasteiger partial charge in [-0.2, -0.15) is 0 Å². The molecule has 1 aromatic rings. The van der Waals surface area contributed by atoms with Gasteiger partial charge >= 0.3 is 0 Å². The highest BCUT2D eigenvalue weighted by Crippen LogP contribution is 2.45. The highest BCUT2D eigenvalue weighted by atomic mass is 79.9. The van der Waals surface area contributed by atoms with E-state index in [4.69, 9.17) is 10.5 Å². The smallest absolute Gasteiger partial charge is 0.132 e. The number of ether oxygens (including phenoxy) is 1. The highest BCUT2D eigenvalue weighted by molar-refractivity contribution is 9.10. The molecule has 0 aromatic heterocycles. The Morgan fingerprint density at radius 2 is 2.18 bits per heavy atom. The fourth-order valence-electron chi connectivity index (χ4n) is 2.48. The standard InChI is InChI=1S/C13H17BrFNO/c1-17-7-9-5-10(14)6-11(12(9)15)13(8-16)3-2-4-13/h5-6H,2-4,7-8,16H2,1H3. The van der Waals surface area contributed by atoms with Gasteiger partial charge in [-0.15, -0.1) is 0 Å². The maximum Gasteiger partial charge on any atom is 0.132 e. The second-order valence-electron chi connectivity index (χ2n) is 4.70. The van der Waals surface area contributed by atoms with E-state index in [-0.39, 0.29) is 11.2 Å². The molecule has 2 nitrogen and oxygen atoms in total. The van der Waals surface area contributed by atoms with Crippen LogP contribution in [0.1, 0.15) is 30.4 Å². The fraction of sp³-hybridized carbons (Fsp3) is 0.538. The van der Waals surface area contributed by atoms with E-state index in [9.17, 15) is 4.39 Å². The summed E-state index contributed by atoms with van der Waals surface area (Å²) in [7, 11) is 1.57. The minimum atomic E-state index is -0.156. The van der Waals surface area contributed by atoms with E-state index in [2.05, 4.69) is 15.9 Å². The van der Waals surface area contributed by atoms with Crippen molar-refractivity contribution in [3.8, 4) is 0 Å². The number of nitrogens with two attached hydrogens (primary N) is 1. The predicted molar refractivity (Wildman–Crippen MR) is 69.4 cm³/mol. The molecule has 2 rings (SSSR count). The van der Waals surface area contributed by atoms with Crippen molar-refractivity contribution >= 4 is 15.9 Å². The number of rotatable bonds is 4. The number of hydrogen-bond donors (Lipinski definition) is 1. The molecule has 0 saturated heterocycles. The van der Waals surface area contributed by atoms with Crippen LogP contribution in [0, 0.1) is 5.82 Å². The lowest BCUT2D eigenvalue weighted by molar-refractivity contribution is 0.179. The van der Waals surface area contributed by atoms with Crippen LogP contribution in [0.15, 0.2) is 16.6 Å². The van der Waals surface area contributed by atoms with Gasteiger partial charge in [0.2, 0.25) is 0 Å². The zero-order chi connectivity index (χ0) is 12.5. The zero-order valence-electron chi connectivity index (χ0n) is 9.93. The van der Waals surface area contributed by atoms with Gasteiger partial charge in [0.05, 0.1) is 6.61 Å². The number of hydrogen-bond acceptors (Lipinski definition) is 2. The summed E-state index contributed by atoms with van der Waals surface area (Å²) in [5.41, 5.74) is 7.01. The van der Waals surface area contributed by atoms with Crippen LogP contribution in [0.2, 0.25) is 0 Å². The minimum Gasteiger partial charge on any atom is -0.380 e. The van der Waals surface area contributed by atoms with Crippen molar-refractivity contribution in [1.82, 2.24) is 0 Å². The Balaban J connectivity index is 2.46. The van der Waals surface area contributed by atoms with Crippen LogP contribution in [-0.4, -0.2) is 13.7 Å². The van der Waals surface area contributed by atoms with E-state index in [1.54, 1.807) is 13.2 Å². The van der Waals surface area contributed by atoms with Gasteiger partial charge in [0.1, 0.15) is 5.82 Å². The van der Waals surface area contributed by atoms with Gasteiger partial charge in [0.15, 0.2) is 0 Å². The Morgan fingerprint density at radius 1 is 1.47 bits per heavy atom. The molecule has 1 aromatic carbocycles. The van der Waals surface area contributed by atoms with Crippen molar-refractivity contribution in [3.63, 3.8) is 0 Å². The summed E-state index contributed by atoms with van der Waals surface area (Å²) >= 11 is 3.43. The van der Waals surface area contributed by atoms with Gasteiger partial charge in [0.25, 0.3) is 0 Å². The van der Waals surface area contributed by atoms with E-state index >= 15 is 0 Å². The van der Waals surface area contributed by atoms with Crippen LogP contribution in [0.4, 0.5) is 4.39 Å². The summed E-state index contributed by atoms with van der Waals surface area (Å²) in [6.07, 6.45) is 3.08. The molecule has 17 heavy (non-hydrogen) atoms. The average molecular weight is 302 g/mol. The summed E-state index contributed by atoms with van der Waals surface area (Å²) < 4.78 is 20.3. The van der Waals surface area contributed by atoms with Crippen LogP contribution in [0.3, 0.4) is 0 Å². The molecular formula is C13H17BrFNO. The molecule has 1 fully saturated rings. The Labute approximate surface area is 109 Å². The molecule has 1 aliphatic rings. The van der Waals surface area contributed by atoms with Gasteiger partial charge < -0.3 is 10.5 Å². The summed E-state index contributed by atoms with van der Waals surface area (Å²) in [4.78, 5) is 0. The summed E-state index contributed by atoms with van der Waals surface area (Å²) in [6.45, 7) is 0.797. The Kier molecular flexibility index (Phi) is 3.85. The molecule has 0 spiro atoms. The third kappa shape index (κ3) is 2.26. The number of halogens is 2. The molecule has 0 amide bonds. The molecular weight excluding hydrogens is 285 g/mol. The minimum absolute atomic E-state index is 0.153. The first kappa shape index (κ1) is 13.0. The molecule has 0 heterocycles. The van der Waals surface area contributed by atoms with Crippen LogP contribution >= 0.6 is 15.9 Å². The number of methoxy groups -OCH3 is 1. The van der Waals surface area contributed by atoms with Crippen molar-refractivity contribution in [2.24, 2.45) is 5.73 Å². The largest absolute Gasteiger partial charge is 0.380 e. The topological polar surface area (TPSA) is 35.2 Å². The van der Waals surface area contributed by atoms with E-state index in [1.807, 2.05) is 6.07 Å². The first-order valence-corrected chi connectivity index (χ1v) is 6.60. The van der Waals surface area contributed by atoms with Crippen molar-refractivity contribution in [3.05, 3.63) is 33.5 Å². The molecule has 0 aliphatic heterocycles. The molecule has 1 saturated carbocycles. The van der Waals surface area contributed by atoms with Crippen LogP contribution in [0.25, 0.3) is 0 Å². The van der Waals surface area contributed by atoms with Crippen LogP contribution in [-0.2, 0) is 16.8 Å². The SMILES string of the molecule is COCc1cc(Br)cc(C2(CN)CCC2)c1F. The normalized spacial score (nSPS) is 17.9. The van der Waals surface area contributed by atoms with Crippen LogP contribution < -0.4 is 5.73 Å².